The van der Waals surface area contributed by atoms with Crippen LogP contribution in [0.5, 0.6) is 0 Å². The van der Waals surface area contributed by atoms with E-state index in [0.29, 0.717) is 0 Å². The molecule has 0 amide bonds. The van der Waals surface area contributed by atoms with Gasteiger partial charge in [-0.25, -0.2) is 0 Å². The highest BCUT2D eigenvalue weighted by Crippen LogP contribution is 2.37. The molecule has 0 spiro atoms. The van der Waals surface area contributed by atoms with Gasteiger partial charge in [0.05, 0.1) is 11.0 Å². The maximum absolute atomic E-state index is 6.17. The lowest BCUT2D eigenvalue weighted by Gasteiger charge is -2.10. The fraction of sp³-hybridized carbons (Fsp3) is 0. The van der Waals surface area contributed by atoms with E-state index < -0.39 is 0 Å². The molecule has 178 valence electrons. The van der Waals surface area contributed by atoms with Crippen molar-refractivity contribution in [2.75, 3.05) is 0 Å². The first-order chi connectivity index (χ1) is 18.8. The summed E-state index contributed by atoms with van der Waals surface area (Å²) >= 11 is 0. The molecule has 2 nitrogen and oxygen atoms in total. The number of fused-ring (bicyclic) bond motifs is 6. The summed E-state index contributed by atoms with van der Waals surface area (Å²) in [4.78, 5) is 0. The van der Waals surface area contributed by atoms with E-state index in [4.69, 9.17) is 4.42 Å². The number of para-hydroxylation sites is 2. The van der Waals surface area contributed by atoms with Crippen molar-refractivity contribution in [3.05, 3.63) is 140 Å². The molecule has 8 aromatic rings. The summed E-state index contributed by atoms with van der Waals surface area (Å²) in [6, 6.07) is 49.6. The number of benzene rings is 6. The fourth-order valence-corrected chi connectivity index (χ4v) is 5.77. The van der Waals surface area contributed by atoms with E-state index in [1.807, 2.05) is 12.1 Å². The van der Waals surface area contributed by atoms with Gasteiger partial charge in [-0.1, -0.05) is 91.0 Å². The summed E-state index contributed by atoms with van der Waals surface area (Å²) in [5, 5.41) is 4.81. The van der Waals surface area contributed by atoms with Crippen LogP contribution in [0.4, 0.5) is 0 Å². The van der Waals surface area contributed by atoms with Gasteiger partial charge >= 0.3 is 0 Å². The van der Waals surface area contributed by atoms with E-state index in [-0.39, 0.29) is 0 Å². The summed E-state index contributed by atoms with van der Waals surface area (Å²) in [7, 11) is 0. The number of rotatable bonds is 3. The third kappa shape index (κ3) is 3.21. The molecule has 0 aliphatic heterocycles. The van der Waals surface area contributed by atoms with Crippen LogP contribution in [-0.4, -0.2) is 4.57 Å². The Morgan fingerprint density at radius 3 is 1.84 bits per heavy atom. The zero-order valence-electron chi connectivity index (χ0n) is 20.6. The second kappa shape index (κ2) is 8.22. The van der Waals surface area contributed by atoms with Crippen molar-refractivity contribution in [1.29, 1.82) is 0 Å². The van der Waals surface area contributed by atoms with Crippen LogP contribution in [-0.2, 0) is 0 Å². The van der Waals surface area contributed by atoms with E-state index in [2.05, 4.69) is 132 Å². The van der Waals surface area contributed by atoms with Crippen molar-refractivity contribution in [2.24, 2.45) is 0 Å². The minimum atomic E-state index is 0.921. The molecule has 0 bridgehead atoms. The number of aromatic nitrogens is 1. The second-order valence-electron chi connectivity index (χ2n) is 9.81. The maximum Gasteiger partial charge on any atom is 0.136 e. The fourth-order valence-electron chi connectivity index (χ4n) is 5.77. The van der Waals surface area contributed by atoms with Crippen molar-refractivity contribution >= 4 is 43.7 Å². The lowest BCUT2D eigenvalue weighted by Crippen LogP contribution is -1.93. The summed E-state index contributed by atoms with van der Waals surface area (Å²) in [5.74, 6) is 0. The molecule has 0 aliphatic carbocycles. The summed E-state index contributed by atoms with van der Waals surface area (Å²) in [5.41, 5.74) is 10.2. The van der Waals surface area contributed by atoms with Gasteiger partial charge in [-0.3, -0.25) is 0 Å². The Morgan fingerprint density at radius 2 is 0.974 bits per heavy atom. The van der Waals surface area contributed by atoms with Gasteiger partial charge in [0.2, 0.25) is 0 Å². The minimum absolute atomic E-state index is 0.921. The molecule has 0 unspecified atom stereocenters. The Balaban J connectivity index is 1.28. The van der Waals surface area contributed by atoms with Gasteiger partial charge in [-0.2, -0.15) is 0 Å². The molecule has 0 radical (unpaired) electrons. The number of hydrogen-bond donors (Lipinski definition) is 0. The van der Waals surface area contributed by atoms with Crippen molar-refractivity contribution in [3.63, 3.8) is 0 Å². The molecule has 38 heavy (non-hydrogen) atoms. The van der Waals surface area contributed by atoms with Crippen molar-refractivity contribution in [3.8, 4) is 27.9 Å². The average Bonchev–Trinajstić information content (AvgIpc) is 3.52. The summed E-state index contributed by atoms with van der Waals surface area (Å²) < 4.78 is 8.54. The molecular formula is C36H23NO. The summed E-state index contributed by atoms with van der Waals surface area (Å²) in [6.45, 7) is 0. The van der Waals surface area contributed by atoms with Gasteiger partial charge in [-0.15, -0.1) is 0 Å². The molecule has 2 heteroatoms. The number of hydrogen-bond acceptors (Lipinski definition) is 1. The molecule has 0 saturated heterocycles. The minimum Gasteiger partial charge on any atom is -0.456 e. The maximum atomic E-state index is 6.17. The molecule has 0 aliphatic rings. The average molecular weight is 486 g/mol. The topological polar surface area (TPSA) is 18.1 Å². The van der Waals surface area contributed by atoms with Crippen LogP contribution >= 0.6 is 0 Å². The SMILES string of the molecule is c1ccc(-c2ccc(-n3c4ccccc4c4cc(-c5ccc6c(c5)oc5ccccc56)ccc43)cc2)cc1. The van der Waals surface area contributed by atoms with Crippen LogP contribution in [0.2, 0.25) is 0 Å². The van der Waals surface area contributed by atoms with E-state index in [9.17, 15) is 0 Å². The zero-order chi connectivity index (χ0) is 25.1. The quantitative estimate of drug-likeness (QED) is 0.243. The van der Waals surface area contributed by atoms with Crippen molar-refractivity contribution < 1.29 is 4.42 Å². The van der Waals surface area contributed by atoms with Crippen molar-refractivity contribution in [1.82, 2.24) is 4.57 Å². The molecule has 2 aromatic heterocycles. The van der Waals surface area contributed by atoms with Gasteiger partial charge in [0.25, 0.3) is 0 Å². The Kier molecular flexibility index (Phi) is 4.55. The largest absolute Gasteiger partial charge is 0.456 e. The van der Waals surface area contributed by atoms with Gasteiger partial charge in [-0.05, 0) is 70.8 Å². The predicted octanol–water partition coefficient (Wildman–Crippen LogP) is 10.0. The second-order valence-corrected chi connectivity index (χ2v) is 9.81. The lowest BCUT2D eigenvalue weighted by atomic mass is 10.0. The first-order valence-electron chi connectivity index (χ1n) is 12.9. The zero-order valence-corrected chi connectivity index (χ0v) is 20.6. The van der Waals surface area contributed by atoms with Crippen LogP contribution < -0.4 is 0 Å². The third-order valence-electron chi connectivity index (χ3n) is 7.62. The third-order valence-corrected chi connectivity index (χ3v) is 7.62. The Hall–Kier alpha value is -5.08. The Labute approximate surface area is 220 Å². The van der Waals surface area contributed by atoms with Crippen molar-refractivity contribution in [2.45, 2.75) is 0 Å². The summed E-state index contributed by atoms with van der Waals surface area (Å²) in [6.07, 6.45) is 0. The van der Waals surface area contributed by atoms with E-state index in [1.54, 1.807) is 0 Å². The van der Waals surface area contributed by atoms with Gasteiger partial charge in [0.15, 0.2) is 0 Å². The molecular weight excluding hydrogens is 462 g/mol. The normalized spacial score (nSPS) is 11.7. The van der Waals surface area contributed by atoms with E-state index in [1.165, 1.54) is 38.5 Å². The number of nitrogens with zero attached hydrogens (tertiary/aromatic N) is 1. The van der Waals surface area contributed by atoms with E-state index >= 15 is 0 Å². The lowest BCUT2D eigenvalue weighted by molar-refractivity contribution is 0.669. The van der Waals surface area contributed by atoms with E-state index in [0.717, 1.165) is 33.2 Å². The monoisotopic (exact) mass is 485 g/mol. The van der Waals surface area contributed by atoms with Crippen LogP contribution in [0.1, 0.15) is 0 Å². The van der Waals surface area contributed by atoms with Crippen LogP contribution in [0.25, 0.3) is 71.7 Å². The molecule has 0 atom stereocenters. The highest BCUT2D eigenvalue weighted by molar-refractivity contribution is 6.11. The molecule has 0 fully saturated rings. The smallest absolute Gasteiger partial charge is 0.136 e. The van der Waals surface area contributed by atoms with Crippen LogP contribution in [0.3, 0.4) is 0 Å². The van der Waals surface area contributed by atoms with Gasteiger partial charge < -0.3 is 8.98 Å². The molecule has 2 heterocycles. The van der Waals surface area contributed by atoms with Gasteiger partial charge in [0.1, 0.15) is 11.2 Å². The van der Waals surface area contributed by atoms with Crippen LogP contribution in [0.15, 0.2) is 144 Å². The molecule has 6 aromatic carbocycles. The molecule has 8 rings (SSSR count). The first-order valence-corrected chi connectivity index (χ1v) is 12.9. The number of furan rings is 1. The molecule has 0 saturated carbocycles. The van der Waals surface area contributed by atoms with Gasteiger partial charge in [0, 0.05) is 27.2 Å². The standard InChI is InChI=1S/C36H23NO/c1-2-8-24(9-3-1)25-14-18-28(19-15-25)37-33-12-6-4-10-29(33)32-22-26(17-21-34(32)37)27-16-20-31-30-11-5-7-13-35(30)38-36(31)23-27/h1-23H. The van der Waals surface area contributed by atoms with Crippen LogP contribution in [0, 0.1) is 0 Å². The highest BCUT2D eigenvalue weighted by Gasteiger charge is 2.14. The first kappa shape index (κ1) is 21.0. The highest BCUT2D eigenvalue weighted by atomic mass is 16.3. The Morgan fingerprint density at radius 1 is 0.368 bits per heavy atom. The Bertz CT molecular complexity index is 2110. The predicted molar refractivity (Wildman–Crippen MR) is 159 cm³/mol. The molecule has 0 N–H and O–H groups in total.